The summed E-state index contributed by atoms with van der Waals surface area (Å²) < 4.78 is 15.4. The lowest BCUT2D eigenvalue weighted by molar-refractivity contribution is -0.291. The van der Waals surface area contributed by atoms with Gasteiger partial charge in [0, 0.05) is 7.11 Å². The summed E-state index contributed by atoms with van der Waals surface area (Å²) in [5, 5.41) is 39.1. The van der Waals surface area contributed by atoms with Crippen LogP contribution in [-0.2, 0) is 30.2 Å². The molecule has 0 aliphatic carbocycles. The van der Waals surface area contributed by atoms with Crippen LogP contribution in [-0.4, -0.2) is 89.4 Å². The van der Waals surface area contributed by atoms with E-state index in [1.165, 1.54) is 12.0 Å². The number of para-hydroxylation sites is 1. The van der Waals surface area contributed by atoms with E-state index in [1.807, 2.05) is 32.0 Å². The Morgan fingerprint density at radius 3 is 2.45 bits per heavy atom. The zero-order valence-corrected chi connectivity index (χ0v) is 18.1. The number of aryl methyl sites for hydroxylation is 2. The Hall–Kier alpha value is -2.08. The van der Waals surface area contributed by atoms with Crippen LogP contribution >= 0.6 is 0 Å². The Morgan fingerprint density at radius 2 is 1.87 bits per heavy atom. The number of aliphatic hydroxyl groups is 4. The Labute approximate surface area is 181 Å². The fourth-order valence-corrected chi connectivity index (χ4v) is 3.61. The summed E-state index contributed by atoms with van der Waals surface area (Å²) in [4.78, 5) is 27.2. The number of nitrogens with zero attached hydrogens (tertiary/aromatic N) is 1. The Bertz CT molecular complexity index is 769. The second-order valence-corrected chi connectivity index (χ2v) is 7.52. The number of amides is 1. The van der Waals surface area contributed by atoms with E-state index in [0.717, 1.165) is 11.1 Å². The highest BCUT2D eigenvalue weighted by molar-refractivity contribution is 6.38. The molecule has 2 rings (SSSR count). The van der Waals surface area contributed by atoms with Crippen LogP contribution in [0.4, 0.5) is 5.69 Å². The summed E-state index contributed by atoms with van der Waals surface area (Å²) in [6.07, 6.45) is -7.54. The Kier molecular flexibility index (Phi) is 8.92. The average molecular weight is 441 g/mol. The van der Waals surface area contributed by atoms with E-state index in [9.17, 15) is 30.0 Å². The molecule has 0 bridgehead atoms. The van der Waals surface area contributed by atoms with E-state index >= 15 is 0 Å². The molecule has 0 spiro atoms. The van der Waals surface area contributed by atoms with Crippen LogP contribution in [0.1, 0.15) is 25.0 Å². The first kappa shape index (κ1) is 25.2. The number of hydrogen-bond acceptors (Lipinski definition) is 9. The summed E-state index contributed by atoms with van der Waals surface area (Å²) >= 11 is 0. The molecule has 1 amide bonds. The van der Waals surface area contributed by atoms with Gasteiger partial charge in [-0.2, -0.15) is 0 Å². The Morgan fingerprint density at radius 1 is 1.19 bits per heavy atom. The highest BCUT2D eigenvalue weighted by Gasteiger charge is 2.46. The number of esters is 1. The molecule has 174 valence electrons. The standard InChI is InChI=1S/C21H31NO9/c1-5-13-8-6-7-11(2)15(13)22(12(3)10-29-4)19(27)20(28)31-21-18(26)17(25)16(24)14(9-23)30-21/h6-8,12,14,16-18,21,23-26H,5,9-10H2,1-4H3/t12?,14-,16-,17+,18-,21+/m1/s1. The first-order valence-corrected chi connectivity index (χ1v) is 10.1. The lowest BCUT2D eigenvalue weighted by atomic mass is 9.99. The molecule has 1 saturated heterocycles. The number of carbonyl (C=O) groups excluding carboxylic acids is 2. The van der Waals surface area contributed by atoms with Gasteiger partial charge >= 0.3 is 11.9 Å². The number of carbonyl (C=O) groups is 2. The van der Waals surface area contributed by atoms with Gasteiger partial charge in [-0.25, -0.2) is 4.79 Å². The highest BCUT2D eigenvalue weighted by Crippen LogP contribution is 2.29. The van der Waals surface area contributed by atoms with Crippen LogP contribution in [0.5, 0.6) is 0 Å². The number of methoxy groups -OCH3 is 1. The Balaban J connectivity index is 2.32. The lowest BCUT2D eigenvalue weighted by Gasteiger charge is -2.39. The van der Waals surface area contributed by atoms with Crippen molar-refractivity contribution in [2.24, 2.45) is 0 Å². The minimum atomic E-state index is -1.80. The molecule has 31 heavy (non-hydrogen) atoms. The molecule has 0 saturated carbocycles. The van der Waals surface area contributed by atoms with Gasteiger partial charge in [0.1, 0.15) is 24.4 Å². The van der Waals surface area contributed by atoms with E-state index in [4.69, 9.17) is 14.2 Å². The monoisotopic (exact) mass is 441 g/mol. The first-order chi connectivity index (χ1) is 14.7. The van der Waals surface area contributed by atoms with Crippen LogP contribution in [0.25, 0.3) is 0 Å². The van der Waals surface area contributed by atoms with E-state index in [-0.39, 0.29) is 6.61 Å². The van der Waals surface area contributed by atoms with Gasteiger partial charge in [-0.3, -0.25) is 9.69 Å². The largest absolute Gasteiger partial charge is 0.426 e. The second kappa shape index (κ2) is 11.0. The third-order valence-electron chi connectivity index (χ3n) is 5.26. The zero-order valence-electron chi connectivity index (χ0n) is 18.1. The van der Waals surface area contributed by atoms with E-state index in [0.29, 0.717) is 12.1 Å². The van der Waals surface area contributed by atoms with Crippen LogP contribution < -0.4 is 4.90 Å². The van der Waals surface area contributed by atoms with Gasteiger partial charge in [-0.05, 0) is 31.4 Å². The van der Waals surface area contributed by atoms with Crippen molar-refractivity contribution in [3.05, 3.63) is 29.3 Å². The smallest absolute Gasteiger partial charge is 0.399 e. The average Bonchev–Trinajstić information content (AvgIpc) is 2.75. The highest BCUT2D eigenvalue weighted by atomic mass is 16.7. The first-order valence-electron chi connectivity index (χ1n) is 10.1. The molecule has 6 atom stereocenters. The van der Waals surface area contributed by atoms with E-state index < -0.39 is 55.2 Å². The fourth-order valence-electron chi connectivity index (χ4n) is 3.61. The molecule has 4 N–H and O–H groups in total. The van der Waals surface area contributed by atoms with Gasteiger partial charge in [-0.15, -0.1) is 0 Å². The van der Waals surface area contributed by atoms with Gasteiger partial charge < -0.3 is 34.6 Å². The van der Waals surface area contributed by atoms with Gasteiger partial charge in [-0.1, -0.05) is 25.1 Å². The number of benzene rings is 1. The summed E-state index contributed by atoms with van der Waals surface area (Å²) in [6.45, 7) is 4.92. The second-order valence-electron chi connectivity index (χ2n) is 7.52. The van der Waals surface area contributed by atoms with Crippen molar-refractivity contribution in [2.45, 2.75) is 63.9 Å². The van der Waals surface area contributed by atoms with Crippen LogP contribution in [0.3, 0.4) is 0 Å². The van der Waals surface area contributed by atoms with Crippen molar-refractivity contribution in [1.82, 2.24) is 0 Å². The van der Waals surface area contributed by atoms with Crippen molar-refractivity contribution >= 4 is 17.6 Å². The summed E-state index contributed by atoms with van der Waals surface area (Å²) in [5.41, 5.74) is 2.18. The number of anilines is 1. The lowest BCUT2D eigenvalue weighted by Crippen LogP contribution is -2.60. The minimum Gasteiger partial charge on any atom is -0.426 e. The van der Waals surface area contributed by atoms with E-state index in [1.54, 1.807) is 6.92 Å². The molecule has 1 aliphatic heterocycles. The molecule has 1 fully saturated rings. The molecule has 10 nitrogen and oxygen atoms in total. The maximum atomic E-state index is 13.2. The molecule has 1 heterocycles. The van der Waals surface area contributed by atoms with Gasteiger partial charge in [0.2, 0.25) is 6.29 Å². The third-order valence-corrected chi connectivity index (χ3v) is 5.26. The minimum absolute atomic E-state index is 0.149. The maximum Gasteiger partial charge on any atom is 0.399 e. The topological polar surface area (TPSA) is 146 Å². The van der Waals surface area contributed by atoms with Crippen molar-refractivity contribution in [1.29, 1.82) is 0 Å². The molecule has 0 radical (unpaired) electrons. The summed E-state index contributed by atoms with van der Waals surface area (Å²) in [5.74, 6) is -2.33. The van der Waals surface area contributed by atoms with Crippen LogP contribution in [0.2, 0.25) is 0 Å². The number of hydrogen-bond donors (Lipinski definition) is 4. The van der Waals surface area contributed by atoms with E-state index in [2.05, 4.69) is 0 Å². The van der Waals surface area contributed by atoms with Crippen LogP contribution in [0, 0.1) is 6.92 Å². The fraction of sp³-hybridized carbons (Fsp3) is 0.619. The predicted octanol–water partition coefficient (Wildman–Crippen LogP) is -0.732. The van der Waals surface area contributed by atoms with Gasteiger partial charge in [0.05, 0.1) is 24.9 Å². The number of aliphatic hydroxyl groups excluding tert-OH is 4. The molecular weight excluding hydrogens is 410 g/mol. The molecule has 0 aromatic heterocycles. The zero-order chi connectivity index (χ0) is 23.3. The summed E-state index contributed by atoms with van der Waals surface area (Å²) in [6, 6.07) is 5.00. The normalized spacial score (nSPS) is 26.9. The van der Waals surface area contributed by atoms with Crippen molar-refractivity contribution in [2.75, 3.05) is 25.2 Å². The predicted molar refractivity (Wildman–Crippen MR) is 109 cm³/mol. The summed E-state index contributed by atoms with van der Waals surface area (Å²) in [7, 11) is 1.48. The van der Waals surface area contributed by atoms with Crippen molar-refractivity contribution in [3.63, 3.8) is 0 Å². The van der Waals surface area contributed by atoms with Gasteiger partial charge in [0.25, 0.3) is 0 Å². The molecule has 10 heteroatoms. The number of ether oxygens (including phenoxy) is 3. The molecule has 1 aromatic carbocycles. The molecule has 1 aromatic rings. The van der Waals surface area contributed by atoms with Crippen molar-refractivity contribution in [3.8, 4) is 0 Å². The SMILES string of the molecule is CCc1cccc(C)c1N(C(=O)C(=O)O[C@@H]1O[C@H](CO)[C@@H](O)[C@H](O)[C@H]1O)C(C)COC. The molecule has 1 aliphatic rings. The number of rotatable bonds is 7. The van der Waals surface area contributed by atoms with Crippen LogP contribution in [0.15, 0.2) is 18.2 Å². The molecular formula is C21H31NO9. The third kappa shape index (κ3) is 5.40. The molecule has 1 unspecified atom stereocenters. The van der Waals surface area contributed by atoms with Crippen molar-refractivity contribution < 1.29 is 44.2 Å². The van der Waals surface area contributed by atoms with Gasteiger partial charge in [0.15, 0.2) is 0 Å². The maximum absolute atomic E-state index is 13.2. The quantitative estimate of drug-likeness (QED) is 0.318.